The second kappa shape index (κ2) is 10.2. The fourth-order valence-electron chi connectivity index (χ4n) is 3.23. The van der Waals surface area contributed by atoms with Crippen molar-refractivity contribution in [2.75, 3.05) is 18.2 Å². The predicted octanol–water partition coefficient (Wildman–Crippen LogP) is 4.91. The molecule has 32 heavy (non-hydrogen) atoms. The van der Waals surface area contributed by atoms with E-state index < -0.39 is 0 Å². The smallest absolute Gasteiger partial charge is 0.234 e. The summed E-state index contributed by atoms with van der Waals surface area (Å²) in [6.45, 7) is 2.02. The van der Waals surface area contributed by atoms with Crippen molar-refractivity contribution in [2.24, 2.45) is 0 Å². The molecule has 1 N–H and O–H groups in total. The van der Waals surface area contributed by atoms with Crippen LogP contribution in [0, 0.1) is 6.92 Å². The molecule has 4 aromatic rings. The van der Waals surface area contributed by atoms with E-state index in [9.17, 15) is 4.79 Å². The Morgan fingerprint density at radius 2 is 1.69 bits per heavy atom. The molecule has 0 aliphatic rings. The van der Waals surface area contributed by atoms with Crippen molar-refractivity contribution in [3.8, 4) is 11.4 Å². The van der Waals surface area contributed by atoms with E-state index in [4.69, 9.17) is 4.74 Å². The van der Waals surface area contributed by atoms with Crippen molar-refractivity contribution in [2.45, 2.75) is 18.5 Å². The molecule has 7 heteroatoms. The quantitative estimate of drug-likeness (QED) is 0.391. The van der Waals surface area contributed by atoms with Crippen LogP contribution in [-0.2, 0) is 11.2 Å². The minimum atomic E-state index is -0.0850. The van der Waals surface area contributed by atoms with Gasteiger partial charge in [-0.2, -0.15) is 0 Å². The van der Waals surface area contributed by atoms with E-state index >= 15 is 0 Å². The van der Waals surface area contributed by atoms with E-state index in [-0.39, 0.29) is 11.7 Å². The monoisotopic (exact) mass is 444 g/mol. The zero-order valence-electron chi connectivity index (χ0n) is 18.0. The summed E-state index contributed by atoms with van der Waals surface area (Å²) in [6, 6.07) is 25.6. The van der Waals surface area contributed by atoms with Crippen LogP contribution in [0.25, 0.3) is 5.69 Å². The number of rotatable bonds is 8. The Morgan fingerprint density at radius 1 is 0.969 bits per heavy atom. The molecule has 0 spiro atoms. The number of anilines is 1. The van der Waals surface area contributed by atoms with Gasteiger partial charge in [0.15, 0.2) is 5.16 Å². The number of amides is 1. The van der Waals surface area contributed by atoms with Gasteiger partial charge in [0.05, 0.1) is 12.9 Å². The van der Waals surface area contributed by atoms with E-state index in [1.165, 1.54) is 11.8 Å². The molecule has 3 aromatic carbocycles. The highest BCUT2D eigenvalue weighted by Crippen LogP contribution is 2.24. The number of carbonyl (C=O) groups excluding carboxylic acids is 1. The van der Waals surface area contributed by atoms with Crippen LogP contribution >= 0.6 is 11.8 Å². The van der Waals surface area contributed by atoms with Crippen LogP contribution in [0.1, 0.15) is 17.0 Å². The second-order valence-electron chi connectivity index (χ2n) is 7.30. The molecule has 0 aliphatic heterocycles. The first-order valence-electron chi connectivity index (χ1n) is 10.2. The lowest BCUT2D eigenvalue weighted by Crippen LogP contribution is -2.14. The fourth-order valence-corrected chi connectivity index (χ4v) is 4.01. The first kappa shape index (κ1) is 21.6. The van der Waals surface area contributed by atoms with Crippen LogP contribution < -0.4 is 10.1 Å². The molecule has 1 aromatic heterocycles. The van der Waals surface area contributed by atoms with Crippen LogP contribution in [-0.4, -0.2) is 33.5 Å². The van der Waals surface area contributed by atoms with Crippen molar-refractivity contribution in [3.63, 3.8) is 0 Å². The van der Waals surface area contributed by atoms with Crippen LogP contribution in [0.5, 0.6) is 5.75 Å². The average molecular weight is 445 g/mol. The third-order valence-electron chi connectivity index (χ3n) is 4.90. The fraction of sp³-hybridized carbons (Fsp3) is 0.160. The van der Waals surface area contributed by atoms with E-state index in [0.717, 1.165) is 34.1 Å². The lowest BCUT2D eigenvalue weighted by atomic mass is 10.1. The topological polar surface area (TPSA) is 69.0 Å². The maximum Gasteiger partial charge on any atom is 0.234 e. The minimum Gasteiger partial charge on any atom is -0.497 e. The van der Waals surface area contributed by atoms with E-state index in [2.05, 4.69) is 15.5 Å². The second-order valence-corrected chi connectivity index (χ2v) is 8.24. The number of thioether (sulfide) groups is 1. The number of aromatic nitrogens is 3. The van der Waals surface area contributed by atoms with Crippen molar-refractivity contribution >= 4 is 23.4 Å². The maximum absolute atomic E-state index is 12.5. The summed E-state index contributed by atoms with van der Waals surface area (Å²) in [7, 11) is 1.65. The minimum absolute atomic E-state index is 0.0850. The average Bonchev–Trinajstić information content (AvgIpc) is 3.22. The SMILES string of the molecule is COc1ccc(Cc2nnc(SCC(=O)Nc3ccc(C)cc3)n2-c2ccccc2)cc1. The van der Waals surface area contributed by atoms with Crippen LogP contribution in [0.3, 0.4) is 0 Å². The molecule has 0 unspecified atom stereocenters. The Hall–Kier alpha value is -3.58. The highest BCUT2D eigenvalue weighted by Gasteiger charge is 2.16. The van der Waals surface area contributed by atoms with Gasteiger partial charge in [0, 0.05) is 17.8 Å². The number of para-hydroxylation sites is 1. The molecule has 0 fully saturated rings. The number of nitrogens with one attached hydrogen (secondary N) is 1. The summed E-state index contributed by atoms with van der Waals surface area (Å²) in [4.78, 5) is 12.5. The van der Waals surface area contributed by atoms with Crippen LogP contribution in [0.2, 0.25) is 0 Å². The first-order chi connectivity index (χ1) is 15.6. The molecule has 0 saturated heterocycles. The van der Waals surface area contributed by atoms with Crippen molar-refractivity contribution in [3.05, 3.63) is 95.8 Å². The molecule has 4 rings (SSSR count). The largest absolute Gasteiger partial charge is 0.497 e. The Morgan fingerprint density at radius 3 is 2.38 bits per heavy atom. The van der Waals surface area contributed by atoms with Crippen molar-refractivity contribution < 1.29 is 9.53 Å². The van der Waals surface area contributed by atoms with Gasteiger partial charge in [-0.05, 0) is 48.9 Å². The molecule has 1 heterocycles. The predicted molar refractivity (Wildman–Crippen MR) is 128 cm³/mol. The standard InChI is InChI=1S/C25H24N4O2S/c1-18-8-12-20(13-9-18)26-24(30)17-32-25-28-27-23(29(25)21-6-4-3-5-7-21)16-19-10-14-22(31-2)15-11-19/h3-15H,16-17H2,1-2H3,(H,26,30). The molecule has 1 amide bonds. The molecule has 6 nitrogen and oxygen atoms in total. The number of benzene rings is 3. The van der Waals surface area contributed by atoms with Gasteiger partial charge < -0.3 is 10.1 Å². The summed E-state index contributed by atoms with van der Waals surface area (Å²) >= 11 is 1.37. The number of methoxy groups -OCH3 is 1. The lowest BCUT2D eigenvalue weighted by molar-refractivity contribution is -0.113. The molecule has 0 atom stereocenters. The van der Waals surface area contributed by atoms with E-state index in [1.807, 2.05) is 90.4 Å². The molecular formula is C25H24N4O2S. The molecule has 162 valence electrons. The molecule has 0 aliphatic carbocycles. The number of aryl methyl sites for hydroxylation is 1. The summed E-state index contributed by atoms with van der Waals surface area (Å²) in [6.07, 6.45) is 0.613. The summed E-state index contributed by atoms with van der Waals surface area (Å²) in [5.41, 5.74) is 4.00. The Kier molecular flexibility index (Phi) is 6.87. The first-order valence-corrected chi connectivity index (χ1v) is 11.2. The van der Waals surface area contributed by atoms with Gasteiger partial charge in [-0.3, -0.25) is 9.36 Å². The van der Waals surface area contributed by atoms with Crippen molar-refractivity contribution in [1.29, 1.82) is 0 Å². The Bertz CT molecular complexity index is 1170. The normalized spacial score (nSPS) is 10.7. The van der Waals surface area contributed by atoms with Gasteiger partial charge in [0.2, 0.25) is 5.91 Å². The van der Waals surface area contributed by atoms with Crippen molar-refractivity contribution in [1.82, 2.24) is 14.8 Å². The molecule has 0 saturated carbocycles. The van der Waals surface area contributed by atoms with Crippen LogP contribution in [0.15, 0.2) is 84.0 Å². The van der Waals surface area contributed by atoms with E-state index in [0.29, 0.717) is 11.6 Å². The van der Waals surface area contributed by atoms with Gasteiger partial charge in [-0.25, -0.2) is 0 Å². The third kappa shape index (κ3) is 5.36. The van der Waals surface area contributed by atoms with E-state index in [1.54, 1.807) is 7.11 Å². The summed E-state index contributed by atoms with van der Waals surface area (Å²) < 4.78 is 7.25. The summed E-state index contributed by atoms with van der Waals surface area (Å²) in [5, 5.41) is 12.4. The van der Waals surface area contributed by atoms with Gasteiger partial charge in [-0.1, -0.05) is 59.8 Å². The highest BCUT2D eigenvalue weighted by atomic mass is 32.2. The van der Waals surface area contributed by atoms with Gasteiger partial charge in [-0.15, -0.1) is 10.2 Å². The number of carbonyl (C=O) groups is 1. The molecule has 0 radical (unpaired) electrons. The lowest BCUT2D eigenvalue weighted by Gasteiger charge is -2.11. The van der Waals surface area contributed by atoms with Gasteiger partial charge in [0.1, 0.15) is 11.6 Å². The zero-order chi connectivity index (χ0) is 22.3. The van der Waals surface area contributed by atoms with Gasteiger partial charge >= 0.3 is 0 Å². The Labute approximate surface area is 191 Å². The highest BCUT2D eigenvalue weighted by molar-refractivity contribution is 7.99. The van der Waals surface area contributed by atoms with Gasteiger partial charge in [0.25, 0.3) is 0 Å². The van der Waals surface area contributed by atoms with Crippen LogP contribution in [0.4, 0.5) is 5.69 Å². The maximum atomic E-state index is 12.5. The zero-order valence-corrected chi connectivity index (χ0v) is 18.8. The molecular weight excluding hydrogens is 420 g/mol. The number of hydrogen-bond acceptors (Lipinski definition) is 5. The Balaban J connectivity index is 1.52. The number of ether oxygens (including phenoxy) is 1. The third-order valence-corrected chi connectivity index (χ3v) is 5.83. The number of nitrogens with zero attached hydrogens (tertiary/aromatic N) is 3. The molecule has 0 bridgehead atoms. The number of hydrogen-bond donors (Lipinski definition) is 1. The summed E-state index contributed by atoms with van der Waals surface area (Å²) in [5.74, 6) is 1.77.